The zero-order valence-electron chi connectivity index (χ0n) is 25.3. The number of aryl methyl sites for hydroxylation is 2. The normalized spacial score (nSPS) is 29.3. The zero-order valence-corrected chi connectivity index (χ0v) is 25.3. The Kier molecular flexibility index (Phi) is 7.18. The van der Waals surface area contributed by atoms with Crippen molar-refractivity contribution in [3.63, 3.8) is 0 Å². The number of hydrogen-bond donors (Lipinski definition) is 2. The molecule has 0 spiro atoms. The van der Waals surface area contributed by atoms with E-state index < -0.39 is 0 Å². The summed E-state index contributed by atoms with van der Waals surface area (Å²) in [5.41, 5.74) is 7.15. The molecule has 1 saturated heterocycles. The highest BCUT2D eigenvalue weighted by atomic mass is 16.2. The van der Waals surface area contributed by atoms with E-state index in [4.69, 9.17) is 4.99 Å². The van der Waals surface area contributed by atoms with Crippen LogP contribution in [-0.2, 0) is 13.0 Å². The standard InChI is InChI=1S/C34H47N5O/c1-21-7-8-25(22(2)15-21)11-13-38-20-26-9-10-28(18-29(26)32(38)40)36-33(39-14-12-35-23(3)19-39)37-31-17-27-16-30(24(31)4)34(27,5)6/h7-10,15,18,23-24,27,30-31,35H,11-14,16-17,19-20H2,1-6H3,(H,36,37)/t23-,24+,27-,30-,31-/m0/s1. The van der Waals surface area contributed by atoms with E-state index in [-0.39, 0.29) is 5.91 Å². The highest BCUT2D eigenvalue weighted by molar-refractivity contribution is 5.99. The summed E-state index contributed by atoms with van der Waals surface area (Å²) < 4.78 is 0. The fraction of sp³-hybridized carbons (Fsp3) is 0.588. The largest absolute Gasteiger partial charge is 0.353 e. The van der Waals surface area contributed by atoms with Crippen LogP contribution in [0.25, 0.3) is 0 Å². The Morgan fingerprint density at radius 3 is 2.67 bits per heavy atom. The number of amides is 1. The van der Waals surface area contributed by atoms with E-state index in [1.165, 1.54) is 29.5 Å². The predicted molar refractivity (Wildman–Crippen MR) is 163 cm³/mol. The molecule has 2 aromatic rings. The number of aliphatic imine (C=N–C) groups is 1. The summed E-state index contributed by atoms with van der Waals surface area (Å²) in [6.07, 6.45) is 3.46. The molecule has 0 radical (unpaired) electrons. The summed E-state index contributed by atoms with van der Waals surface area (Å²) in [7, 11) is 0. The number of piperazine rings is 1. The second-order valence-corrected chi connectivity index (χ2v) is 13.7. The summed E-state index contributed by atoms with van der Waals surface area (Å²) in [6.45, 7) is 18.1. The van der Waals surface area contributed by atoms with Crippen molar-refractivity contribution in [2.45, 2.75) is 79.4 Å². The molecule has 4 fully saturated rings. The zero-order chi connectivity index (χ0) is 28.2. The number of fused-ring (bicyclic) bond motifs is 3. The lowest BCUT2D eigenvalue weighted by molar-refractivity contribution is -0.112. The molecule has 6 heteroatoms. The van der Waals surface area contributed by atoms with Gasteiger partial charge in [0, 0.05) is 50.4 Å². The average molecular weight is 542 g/mol. The molecule has 2 aromatic carbocycles. The highest BCUT2D eigenvalue weighted by Gasteiger charge is 2.56. The molecule has 2 aliphatic heterocycles. The van der Waals surface area contributed by atoms with Crippen molar-refractivity contribution in [2.75, 3.05) is 26.2 Å². The number of benzene rings is 2. The van der Waals surface area contributed by atoms with Gasteiger partial charge in [0.15, 0.2) is 5.96 Å². The van der Waals surface area contributed by atoms with Crippen LogP contribution in [-0.4, -0.2) is 59.9 Å². The van der Waals surface area contributed by atoms with Gasteiger partial charge in [-0.25, -0.2) is 4.99 Å². The monoisotopic (exact) mass is 541 g/mol. The molecule has 2 heterocycles. The summed E-state index contributed by atoms with van der Waals surface area (Å²) in [5, 5.41) is 7.50. The van der Waals surface area contributed by atoms with Crippen molar-refractivity contribution in [3.05, 3.63) is 64.2 Å². The van der Waals surface area contributed by atoms with Gasteiger partial charge in [-0.3, -0.25) is 4.79 Å². The van der Waals surface area contributed by atoms with Gasteiger partial charge in [0.25, 0.3) is 5.91 Å². The molecule has 3 saturated carbocycles. The Hall–Kier alpha value is -2.86. The minimum atomic E-state index is 0.130. The molecule has 2 bridgehead atoms. The third-order valence-electron chi connectivity index (χ3n) is 10.7. The van der Waals surface area contributed by atoms with Crippen LogP contribution in [0.2, 0.25) is 0 Å². The average Bonchev–Trinajstić information content (AvgIpc) is 3.23. The molecule has 3 aliphatic carbocycles. The Balaban J connectivity index is 1.20. The van der Waals surface area contributed by atoms with Gasteiger partial charge in [-0.1, -0.05) is 50.6 Å². The molecular weight excluding hydrogens is 494 g/mol. The SMILES string of the molecule is Cc1ccc(CCN2Cc3ccc(N=C(N[C@H]4C[C@@H]5C[C@@H]([C@H]4C)C5(C)C)N4CCN[C@@H](C)C4)cc3C2=O)c(C)c1. The maximum atomic E-state index is 13.4. The lowest BCUT2D eigenvalue weighted by atomic mass is 9.45. The molecule has 1 amide bonds. The van der Waals surface area contributed by atoms with Crippen LogP contribution in [0, 0.1) is 37.0 Å². The lowest BCUT2D eigenvalue weighted by Crippen LogP contribution is -2.63. The van der Waals surface area contributed by atoms with Gasteiger partial charge < -0.3 is 20.4 Å². The predicted octanol–water partition coefficient (Wildman–Crippen LogP) is 5.44. The number of carbonyl (C=O) groups is 1. The number of hydrogen-bond acceptors (Lipinski definition) is 3. The van der Waals surface area contributed by atoms with Gasteiger partial charge in [0.05, 0.1) is 5.69 Å². The van der Waals surface area contributed by atoms with Crippen LogP contribution in [0.1, 0.15) is 73.1 Å². The number of nitrogens with zero attached hydrogens (tertiary/aromatic N) is 3. The van der Waals surface area contributed by atoms with Crippen molar-refractivity contribution in [2.24, 2.45) is 28.2 Å². The Morgan fingerprint density at radius 2 is 1.95 bits per heavy atom. The maximum absolute atomic E-state index is 13.4. The minimum absolute atomic E-state index is 0.130. The van der Waals surface area contributed by atoms with Gasteiger partial charge in [-0.15, -0.1) is 0 Å². The van der Waals surface area contributed by atoms with Crippen LogP contribution in [0.4, 0.5) is 5.69 Å². The molecule has 2 N–H and O–H groups in total. The first-order chi connectivity index (χ1) is 19.1. The van der Waals surface area contributed by atoms with Crippen molar-refractivity contribution in [3.8, 4) is 0 Å². The molecule has 0 unspecified atom stereocenters. The molecule has 7 rings (SSSR count). The van der Waals surface area contributed by atoms with Crippen molar-refractivity contribution in [1.29, 1.82) is 0 Å². The quantitative estimate of drug-likeness (QED) is 0.391. The fourth-order valence-corrected chi connectivity index (χ4v) is 7.93. The molecule has 5 atom stereocenters. The Morgan fingerprint density at radius 1 is 1.12 bits per heavy atom. The maximum Gasteiger partial charge on any atom is 0.254 e. The van der Waals surface area contributed by atoms with Crippen molar-refractivity contribution < 1.29 is 4.79 Å². The summed E-state index contributed by atoms with van der Waals surface area (Å²) in [4.78, 5) is 23.0. The molecule has 6 nitrogen and oxygen atoms in total. The van der Waals surface area contributed by atoms with Crippen molar-refractivity contribution in [1.82, 2.24) is 20.4 Å². The van der Waals surface area contributed by atoms with E-state index in [1.54, 1.807) is 0 Å². The third kappa shape index (κ3) is 5.04. The van der Waals surface area contributed by atoms with Crippen LogP contribution in [0.3, 0.4) is 0 Å². The van der Waals surface area contributed by atoms with Crippen LogP contribution >= 0.6 is 0 Å². The van der Waals surface area contributed by atoms with Crippen LogP contribution in [0.15, 0.2) is 41.4 Å². The Bertz CT molecular complexity index is 1320. The molecule has 214 valence electrons. The first kappa shape index (κ1) is 27.3. The smallest absolute Gasteiger partial charge is 0.254 e. The molecule has 40 heavy (non-hydrogen) atoms. The van der Waals surface area contributed by atoms with Gasteiger partial charge in [0.2, 0.25) is 0 Å². The topological polar surface area (TPSA) is 60.0 Å². The molecule has 5 aliphatic rings. The fourth-order valence-electron chi connectivity index (χ4n) is 7.93. The number of rotatable bonds is 5. The van der Waals surface area contributed by atoms with E-state index in [2.05, 4.69) is 87.4 Å². The minimum Gasteiger partial charge on any atom is -0.353 e. The first-order valence-corrected chi connectivity index (χ1v) is 15.4. The van der Waals surface area contributed by atoms with Gasteiger partial charge in [0.1, 0.15) is 0 Å². The second kappa shape index (κ2) is 10.5. The lowest BCUT2D eigenvalue weighted by Gasteiger charge is -2.62. The second-order valence-electron chi connectivity index (χ2n) is 13.7. The first-order valence-electron chi connectivity index (χ1n) is 15.4. The van der Waals surface area contributed by atoms with Gasteiger partial charge in [-0.05, 0) is 92.0 Å². The van der Waals surface area contributed by atoms with Crippen LogP contribution < -0.4 is 10.6 Å². The van der Waals surface area contributed by atoms with E-state index in [0.29, 0.717) is 30.0 Å². The number of nitrogens with one attached hydrogen (secondary N) is 2. The van der Waals surface area contributed by atoms with E-state index >= 15 is 0 Å². The van der Waals surface area contributed by atoms with Crippen LogP contribution in [0.5, 0.6) is 0 Å². The van der Waals surface area contributed by atoms with Gasteiger partial charge >= 0.3 is 0 Å². The summed E-state index contributed by atoms with van der Waals surface area (Å²) in [5.74, 6) is 3.30. The number of guanidine groups is 1. The van der Waals surface area contributed by atoms with Crippen molar-refractivity contribution >= 4 is 17.6 Å². The van der Waals surface area contributed by atoms with E-state index in [1.807, 2.05) is 11.0 Å². The number of carbonyl (C=O) groups excluding carboxylic acids is 1. The van der Waals surface area contributed by atoms with E-state index in [0.717, 1.165) is 67.2 Å². The molecular formula is C34H47N5O. The Labute approximate surface area is 240 Å². The van der Waals surface area contributed by atoms with Gasteiger partial charge in [-0.2, -0.15) is 0 Å². The summed E-state index contributed by atoms with van der Waals surface area (Å²) in [6, 6.07) is 13.7. The van der Waals surface area contributed by atoms with E-state index in [9.17, 15) is 4.79 Å². The summed E-state index contributed by atoms with van der Waals surface area (Å²) >= 11 is 0. The third-order valence-corrected chi connectivity index (χ3v) is 10.7. The highest BCUT2D eigenvalue weighted by Crippen LogP contribution is 2.61. The molecule has 0 aromatic heterocycles.